The molecule has 13 heavy (non-hydrogen) atoms. The van der Waals surface area contributed by atoms with Gasteiger partial charge >= 0.3 is 0 Å². The summed E-state index contributed by atoms with van der Waals surface area (Å²) in [6.07, 6.45) is 2.94. The van der Waals surface area contributed by atoms with Crippen LogP contribution in [-0.4, -0.2) is 5.91 Å². The van der Waals surface area contributed by atoms with Crippen molar-refractivity contribution < 1.29 is 4.79 Å². The van der Waals surface area contributed by atoms with Crippen molar-refractivity contribution in [2.24, 2.45) is 0 Å². The van der Waals surface area contributed by atoms with E-state index in [2.05, 4.69) is 6.07 Å². The Labute approximate surface area is 77.8 Å². The molecule has 67 valence electrons. The predicted molar refractivity (Wildman–Crippen MR) is 50.2 cm³/mol. The lowest BCUT2D eigenvalue weighted by Gasteiger charge is -2.22. The quantitative estimate of drug-likeness (QED) is 0.641. The zero-order valence-electron chi connectivity index (χ0n) is 7.42. The van der Waals surface area contributed by atoms with Crippen LogP contribution in [0.1, 0.15) is 29.9 Å². The van der Waals surface area contributed by atoms with E-state index in [0.29, 0.717) is 0 Å². The molecule has 0 heterocycles. The second kappa shape index (κ2) is 3.21. The molecule has 2 heteroatoms. The standard InChI is InChI=1S/C11H12NO/c12-11(13)10-7-3-5-8-4-1-2-6-9(8)10/h1-2,4,6,10,12H,3,5,7H2. The molecule has 1 aliphatic rings. The summed E-state index contributed by atoms with van der Waals surface area (Å²) >= 11 is 0. The minimum atomic E-state index is -0.438. The lowest BCUT2D eigenvalue weighted by molar-refractivity contribution is -0.120. The zero-order valence-corrected chi connectivity index (χ0v) is 7.42. The highest BCUT2D eigenvalue weighted by Gasteiger charge is 2.24. The number of benzene rings is 1. The Morgan fingerprint density at radius 2 is 2.15 bits per heavy atom. The first kappa shape index (κ1) is 8.30. The summed E-state index contributed by atoms with van der Waals surface area (Å²) in [6.45, 7) is 0. The molecule has 1 amide bonds. The van der Waals surface area contributed by atoms with E-state index in [-0.39, 0.29) is 5.92 Å². The van der Waals surface area contributed by atoms with Crippen molar-refractivity contribution in [3.8, 4) is 0 Å². The number of carbonyl (C=O) groups excluding carboxylic acids is 1. The molecule has 1 unspecified atom stereocenters. The molecule has 1 aromatic rings. The van der Waals surface area contributed by atoms with Crippen molar-refractivity contribution in [3.63, 3.8) is 0 Å². The van der Waals surface area contributed by atoms with E-state index in [1.807, 2.05) is 18.2 Å². The first-order valence-electron chi connectivity index (χ1n) is 4.62. The Bertz CT molecular complexity index is 333. The number of carbonyl (C=O) groups is 1. The topological polar surface area (TPSA) is 40.9 Å². The second-order valence-corrected chi connectivity index (χ2v) is 3.51. The van der Waals surface area contributed by atoms with Crippen molar-refractivity contribution >= 4 is 5.91 Å². The third-order valence-electron chi connectivity index (χ3n) is 2.69. The molecule has 0 bridgehead atoms. The average molecular weight is 174 g/mol. The van der Waals surface area contributed by atoms with Crippen LogP contribution >= 0.6 is 0 Å². The number of nitrogens with one attached hydrogen (secondary N) is 1. The van der Waals surface area contributed by atoms with E-state index in [9.17, 15) is 4.79 Å². The van der Waals surface area contributed by atoms with Crippen LogP contribution in [0.25, 0.3) is 0 Å². The van der Waals surface area contributed by atoms with Crippen LogP contribution in [0.2, 0.25) is 0 Å². The highest BCUT2D eigenvalue weighted by atomic mass is 16.1. The number of hydrogen-bond acceptors (Lipinski definition) is 1. The Balaban J connectivity index is 2.42. The maximum atomic E-state index is 11.0. The van der Waals surface area contributed by atoms with Gasteiger partial charge in [-0.3, -0.25) is 10.5 Å². The Morgan fingerprint density at radius 3 is 2.92 bits per heavy atom. The molecular weight excluding hydrogens is 162 g/mol. The number of fused-ring (bicyclic) bond motifs is 1. The van der Waals surface area contributed by atoms with Crippen LogP contribution in [0.4, 0.5) is 0 Å². The summed E-state index contributed by atoms with van der Waals surface area (Å²) < 4.78 is 0. The number of amides is 1. The Hall–Kier alpha value is -1.31. The van der Waals surface area contributed by atoms with Gasteiger partial charge in [-0.15, -0.1) is 0 Å². The third kappa shape index (κ3) is 1.44. The summed E-state index contributed by atoms with van der Waals surface area (Å²) in [6, 6.07) is 7.98. The molecule has 0 aliphatic heterocycles. The van der Waals surface area contributed by atoms with Crippen molar-refractivity contribution in [1.82, 2.24) is 5.73 Å². The van der Waals surface area contributed by atoms with Crippen molar-refractivity contribution in [2.75, 3.05) is 0 Å². The molecule has 1 atom stereocenters. The van der Waals surface area contributed by atoms with E-state index in [4.69, 9.17) is 5.73 Å². The van der Waals surface area contributed by atoms with Gasteiger partial charge in [-0.25, -0.2) is 0 Å². The fourth-order valence-corrected chi connectivity index (χ4v) is 2.03. The Kier molecular flexibility index (Phi) is 2.05. The highest BCUT2D eigenvalue weighted by molar-refractivity contribution is 5.81. The van der Waals surface area contributed by atoms with Crippen LogP contribution in [-0.2, 0) is 11.2 Å². The maximum absolute atomic E-state index is 11.0. The fourth-order valence-electron chi connectivity index (χ4n) is 2.03. The minimum Gasteiger partial charge on any atom is -0.273 e. The van der Waals surface area contributed by atoms with Crippen molar-refractivity contribution in [3.05, 3.63) is 35.4 Å². The molecule has 0 saturated carbocycles. The molecular formula is C11H12NO. The summed E-state index contributed by atoms with van der Waals surface area (Å²) in [5, 5.41) is 0. The molecule has 0 saturated heterocycles. The first-order valence-corrected chi connectivity index (χ1v) is 4.62. The third-order valence-corrected chi connectivity index (χ3v) is 2.69. The lowest BCUT2D eigenvalue weighted by Crippen LogP contribution is -2.18. The van der Waals surface area contributed by atoms with Gasteiger partial charge in [-0.1, -0.05) is 24.3 Å². The van der Waals surface area contributed by atoms with E-state index >= 15 is 0 Å². The predicted octanol–water partition coefficient (Wildman–Crippen LogP) is 1.92. The maximum Gasteiger partial charge on any atom is 0.245 e. The summed E-state index contributed by atoms with van der Waals surface area (Å²) in [7, 11) is 0. The van der Waals surface area contributed by atoms with Gasteiger partial charge in [0, 0.05) is 0 Å². The molecule has 1 N–H and O–H groups in total. The van der Waals surface area contributed by atoms with Crippen LogP contribution in [0.3, 0.4) is 0 Å². The second-order valence-electron chi connectivity index (χ2n) is 3.51. The zero-order chi connectivity index (χ0) is 9.26. The van der Waals surface area contributed by atoms with E-state index in [0.717, 1.165) is 24.8 Å². The molecule has 1 radical (unpaired) electrons. The van der Waals surface area contributed by atoms with Gasteiger partial charge in [0.1, 0.15) is 0 Å². The van der Waals surface area contributed by atoms with Crippen LogP contribution in [0, 0.1) is 0 Å². The van der Waals surface area contributed by atoms with Gasteiger partial charge in [-0.2, -0.15) is 0 Å². The van der Waals surface area contributed by atoms with Crippen LogP contribution < -0.4 is 5.73 Å². The normalized spacial score (nSPS) is 20.8. The van der Waals surface area contributed by atoms with Gasteiger partial charge in [0.05, 0.1) is 5.92 Å². The lowest BCUT2D eigenvalue weighted by atomic mass is 9.82. The summed E-state index contributed by atoms with van der Waals surface area (Å²) in [5.74, 6) is -0.600. The van der Waals surface area contributed by atoms with Crippen LogP contribution in [0.5, 0.6) is 0 Å². The molecule has 0 fully saturated rings. The van der Waals surface area contributed by atoms with E-state index < -0.39 is 5.91 Å². The van der Waals surface area contributed by atoms with Crippen LogP contribution in [0.15, 0.2) is 24.3 Å². The number of rotatable bonds is 1. The van der Waals surface area contributed by atoms with Gasteiger partial charge in [0.2, 0.25) is 5.91 Å². The monoisotopic (exact) mass is 174 g/mol. The summed E-state index contributed by atoms with van der Waals surface area (Å²) in [5.41, 5.74) is 9.49. The molecule has 1 aromatic carbocycles. The molecule has 1 aliphatic carbocycles. The highest BCUT2D eigenvalue weighted by Crippen LogP contribution is 2.31. The van der Waals surface area contributed by atoms with Gasteiger partial charge in [0.15, 0.2) is 0 Å². The average Bonchev–Trinajstić information content (AvgIpc) is 2.17. The minimum absolute atomic E-state index is 0.162. The molecule has 0 aromatic heterocycles. The van der Waals surface area contributed by atoms with Gasteiger partial charge in [0.25, 0.3) is 0 Å². The SMILES string of the molecule is [NH]C(=O)C1CCCc2ccccc21. The number of aryl methyl sites for hydroxylation is 1. The summed E-state index contributed by atoms with van der Waals surface area (Å²) in [4.78, 5) is 11.0. The van der Waals surface area contributed by atoms with Gasteiger partial charge in [-0.05, 0) is 30.4 Å². The molecule has 2 rings (SSSR count). The largest absolute Gasteiger partial charge is 0.273 e. The molecule has 2 nitrogen and oxygen atoms in total. The van der Waals surface area contributed by atoms with Crippen molar-refractivity contribution in [2.45, 2.75) is 25.2 Å². The Morgan fingerprint density at radius 1 is 1.38 bits per heavy atom. The van der Waals surface area contributed by atoms with Crippen molar-refractivity contribution in [1.29, 1.82) is 0 Å². The smallest absolute Gasteiger partial charge is 0.245 e. The first-order chi connectivity index (χ1) is 6.29. The van der Waals surface area contributed by atoms with E-state index in [1.165, 1.54) is 5.56 Å². The van der Waals surface area contributed by atoms with Gasteiger partial charge < -0.3 is 0 Å². The fraction of sp³-hybridized carbons (Fsp3) is 0.364. The molecule has 0 spiro atoms. The van der Waals surface area contributed by atoms with E-state index in [1.54, 1.807) is 0 Å². The number of hydrogen-bond donors (Lipinski definition) is 0.